The van der Waals surface area contributed by atoms with Gasteiger partial charge in [-0.1, -0.05) is 43.2 Å². The lowest BCUT2D eigenvalue weighted by molar-refractivity contribution is -0.137. The fourth-order valence-electron chi connectivity index (χ4n) is 4.07. The molecule has 0 aromatic heterocycles. The smallest absolute Gasteiger partial charge is 0.303 e. The maximum Gasteiger partial charge on any atom is 0.303 e. The maximum atomic E-state index is 10.8. The van der Waals surface area contributed by atoms with Crippen LogP contribution in [0.3, 0.4) is 0 Å². The van der Waals surface area contributed by atoms with Gasteiger partial charge in [-0.2, -0.15) is 0 Å². The average Bonchev–Trinajstić information content (AvgIpc) is 2.69. The van der Waals surface area contributed by atoms with Crippen molar-refractivity contribution in [3.05, 3.63) is 58.1 Å². The molecule has 28 heavy (non-hydrogen) atoms. The number of aliphatic carboxylic acids is 1. The molecule has 0 heterocycles. The summed E-state index contributed by atoms with van der Waals surface area (Å²) in [5.74, 6) is 1.29. The van der Waals surface area contributed by atoms with Gasteiger partial charge in [-0.3, -0.25) is 4.79 Å². The molecule has 0 fully saturated rings. The standard InChI is InChI=1S/C24H32O4/c1-16-17(2)24(28-5)22(18(3)23(16)27-4)20(19-12-8-6-9-13-19)14-10-7-11-15-21(25)26/h6,8-9,12-13,20H,7,10-11,14-15H2,1-5H3,(H,25,26). The molecule has 1 unspecified atom stereocenters. The third-order valence-corrected chi connectivity index (χ3v) is 5.58. The minimum Gasteiger partial charge on any atom is -0.496 e. The van der Waals surface area contributed by atoms with E-state index < -0.39 is 5.97 Å². The summed E-state index contributed by atoms with van der Waals surface area (Å²) in [6, 6.07) is 10.5. The molecule has 2 rings (SSSR count). The summed E-state index contributed by atoms with van der Waals surface area (Å²) < 4.78 is 11.6. The zero-order valence-corrected chi connectivity index (χ0v) is 17.7. The van der Waals surface area contributed by atoms with Crippen molar-refractivity contribution in [2.45, 2.75) is 58.8 Å². The van der Waals surface area contributed by atoms with Crippen molar-refractivity contribution in [1.82, 2.24) is 0 Å². The Morgan fingerprint density at radius 2 is 1.50 bits per heavy atom. The van der Waals surface area contributed by atoms with E-state index in [1.54, 1.807) is 14.2 Å². The van der Waals surface area contributed by atoms with Gasteiger partial charge in [0.2, 0.25) is 0 Å². The van der Waals surface area contributed by atoms with Gasteiger partial charge in [-0.05, 0) is 55.9 Å². The van der Waals surface area contributed by atoms with Crippen molar-refractivity contribution < 1.29 is 19.4 Å². The normalized spacial score (nSPS) is 11.9. The van der Waals surface area contributed by atoms with Gasteiger partial charge in [-0.25, -0.2) is 0 Å². The molecule has 2 aromatic carbocycles. The lowest BCUT2D eigenvalue weighted by Crippen LogP contribution is -2.10. The third kappa shape index (κ3) is 4.86. The largest absolute Gasteiger partial charge is 0.496 e. The molecule has 1 N–H and O–H groups in total. The summed E-state index contributed by atoms with van der Waals surface area (Å²) in [7, 11) is 3.44. The van der Waals surface area contributed by atoms with Gasteiger partial charge in [0, 0.05) is 17.9 Å². The molecule has 4 heteroatoms. The van der Waals surface area contributed by atoms with Crippen molar-refractivity contribution >= 4 is 5.97 Å². The molecule has 1 atom stereocenters. The van der Waals surface area contributed by atoms with E-state index in [4.69, 9.17) is 14.6 Å². The van der Waals surface area contributed by atoms with E-state index in [0.717, 1.165) is 47.5 Å². The quantitative estimate of drug-likeness (QED) is 0.526. The molecular weight excluding hydrogens is 352 g/mol. The van der Waals surface area contributed by atoms with Crippen LogP contribution in [0.25, 0.3) is 0 Å². The number of unbranched alkanes of at least 4 members (excludes halogenated alkanes) is 2. The summed E-state index contributed by atoms with van der Waals surface area (Å²) in [5, 5.41) is 8.87. The molecule has 0 bridgehead atoms. The van der Waals surface area contributed by atoms with Gasteiger partial charge in [0.15, 0.2) is 0 Å². The number of methoxy groups -OCH3 is 2. The topological polar surface area (TPSA) is 55.8 Å². The van der Waals surface area contributed by atoms with Crippen LogP contribution in [0, 0.1) is 20.8 Å². The highest BCUT2D eigenvalue weighted by Gasteiger charge is 2.26. The number of carboxylic acid groups (broad SMARTS) is 1. The van der Waals surface area contributed by atoms with Crippen molar-refractivity contribution in [3.8, 4) is 11.5 Å². The SMILES string of the molecule is COc1c(C)c(C)c(OC)c(C(CCCCCC(=O)O)c2ccccc2)c1C. The highest BCUT2D eigenvalue weighted by molar-refractivity contribution is 5.66. The molecule has 0 spiro atoms. The summed E-state index contributed by atoms with van der Waals surface area (Å²) >= 11 is 0. The second kappa shape index (κ2) is 10.2. The van der Waals surface area contributed by atoms with Crippen LogP contribution in [0.4, 0.5) is 0 Å². The van der Waals surface area contributed by atoms with Crippen LogP contribution in [-0.4, -0.2) is 25.3 Å². The molecule has 0 aliphatic heterocycles. The second-order valence-electron chi connectivity index (χ2n) is 7.31. The molecule has 152 valence electrons. The molecule has 0 saturated heterocycles. The number of rotatable bonds is 10. The van der Waals surface area contributed by atoms with E-state index in [1.165, 1.54) is 11.1 Å². The van der Waals surface area contributed by atoms with Gasteiger partial charge in [0.1, 0.15) is 11.5 Å². The fraction of sp³-hybridized carbons (Fsp3) is 0.458. The van der Waals surface area contributed by atoms with Crippen LogP contribution in [-0.2, 0) is 4.79 Å². The van der Waals surface area contributed by atoms with E-state index >= 15 is 0 Å². The van der Waals surface area contributed by atoms with E-state index in [0.29, 0.717) is 6.42 Å². The van der Waals surface area contributed by atoms with Gasteiger partial charge in [-0.15, -0.1) is 0 Å². The van der Waals surface area contributed by atoms with Crippen LogP contribution < -0.4 is 9.47 Å². The summed E-state index contributed by atoms with van der Waals surface area (Å²) in [6.45, 7) is 6.24. The summed E-state index contributed by atoms with van der Waals surface area (Å²) in [4.78, 5) is 10.8. The van der Waals surface area contributed by atoms with Crippen LogP contribution in [0.1, 0.15) is 65.8 Å². The number of hydrogen-bond donors (Lipinski definition) is 1. The van der Waals surface area contributed by atoms with Gasteiger partial charge >= 0.3 is 5.97 Å². The van der Waals surface area contributed by atoms with Gasteiger partial charge in [0.25, 0.3) is 0 Å². The molecule has 2 aromatic rings. The molecule has 0 aliphatic rings. The van der Waals surface area contributed by atoms with Gasteiger partial charge < -0.3 is 14.6 Å². The Labute approximate surface area is 168 Å². The maximum absolute atomic E-state index is 10.8. The first-order valence-electron chi connectivity index (χ1n) is 9.90. The Balaban J connectivity index is 2.46. The lowest BCUT2D eigenvalue weighted by Gasteiger charge is -2.27. The zero-order chi connectivity index (χ0) is 20.7. The van der Waals surface area contributed by atoms with E-state index in [9.17, 15) is 4.79 Å². The number of carbonyl (C=O) groups is 1. The number of hydrogen-bond acceptors (Lipinski definition) is 3. The summed E-state index contributed by atoms with van der Waals surface area (Å²) in [5.41, 5.74) is 5.74. The number of carboxylic acids is 1. The Bertz CT molecular complexity index is 796. The Kier molecular flexibility index (Phi) is 7.91. The van der Waals surface area contributed by atoms with Gasteiger partial charge in [0.05, 0.1) is 14.2 Å². The minimum atomic E-state index is -0.726. The van der Waals surface area contributed by atoms with Crippen LogP contribution >= 0.6 is 0 Å². The van der Waals surface area contributed by atoms with Crippen molar-refractivity contribution in [2.24, 2.45) is 0 Å². The first-order chi connectivity index (χ1) is 13.4. The predicted molar refractivity (Wildman–Crippen MR) is 113 cm³/mol. The van der Waals surface area contributed by atoms with Crippen LogP contribution in [0.15, 0.2) is 30.3 Å². The Morgan fingerprint density at radius 1 is 0.893 bits per heavy atom. The molecular formula is C24H32O4. The molecule has 0 amide bonds. The van der Waals surface area contributed by atoms with Crippen molar-refractivity contribution in [1.29, 1.82) is 0 Å². The first-order valence-corrected chi connectivity index (χ1v) is 9.90. The highest BCUT2D eigenvalue weighted by Crippen LogP contribution is 2.45. The van der Waals surface area contributed by atoms with Crippen molar-refractivity contribution in [2.75, 3.05) is 14.2 Å². The van der Waals surface area contributed by atoms with Crippen LogP contribution in [0.2, 0.25) is 0 Å². The second-order valence-corrected chi connectivity index (χ2v) is 7.31. The third-order valence-electron chi connectivity index (χ3n) is 5.58. The number of benzene rings is 2. The predicted octanol–water partition coefficient (Wildman–Crippen LogP) is 5.80. The monoisotopic (exact) mass is 384 g/mol. The molecule has 4 nitrogen and oxygen atoms in total. The Hall–Kier alpha value is -2.49. The fourth-order valence-corrected chi connectivity index (χ4v) is 4.07. The first kappa shape index (κ1) is 21.8. The highest BCUT2D eigenvalue weighted by atomic mass is 16.5. The minimum absolute atomic E-state index is 0.175. The molecule has 0 radical (unpaired) electrons. The van der Waals surface area contributed by atoms with E-state index in [1.807, 2.05) is 6.07 Å². The molecule has 0 saturated carbocycles. The van der Waals surface area contributed by atoms with Crippen LogP contribution in [0.5, 0.6) is 11.5 Å². The molecule has 0 aliphatic carbocycles. The average molecular weight is 385 g/mol. The zero-order valence-electron chi connectivity index (χ0n) is 17.7. The summed E-state index contributed by atoms with van der Waals surface area (Å²) in [6.07, 6.45) is 3.75. The Morgan fingerprint density at radius 3 is 2.07 bits per heavy atom. The van der Waals surface area contributed by atoms with E-state index in [-0.39, 0.29) is 12.3 Å². The van der Waals surface area contributed by atoms with E-state index in [2.05, 4.69) is 45.0 Å². The number of ether oxygens (including phenoxy) is 2. The van der Waals surface area contributed by atoms with Crippen molar-refractivity contribution in [3.63, 3.8) is 0 Å². The lowest BCUT2D eigenvalue weighted by atomic mass is 9.81.